The van der Waals surface area contributed by atoms with Crippen LogP contribution in [0.2, 0.25) is 0 Å². The van der Waals surface area contributed by atoms with Gasteiger partial charge in [0.05, 0.1) is 31.6 Å². The number of hydrogen-bond donors (Lipinski definition) is 3. The minimum atomic E-state index is -2.33. The lowest BCUT2D eigenvalue weighted by atomic mass is 10.0. The van der Waals surface area contributed by atoms with Gasteiger partial charge in [0.1, 0.15) is 0 Å². The van der Waals surface area contributed by atoms with E-state index in [0.717, 1.165) is 6.42 Å². The lowest BCUT2D eigenvalue weighted by molar-refractivity contribution is -0.184. The van der Waals surface area contributed by atoms with Gasteiger partial charge in [-0.05, 0) is 51.6 Å². The average molecular weight is 362 g/mol. The number of ether oxygens (including phenoxy) is 1. The smallest absolute Gasteiger partial charge is 0.396 e. The fourth-order valence-corrected chi connectivity index (χ4v) is 4.59. The zero-order valence-electron chi connectivity index (χ0n) is 15.3. The number of aliphatic hydroxyl groups excluding tert-OH is 1. The minimum absolute atomic E-state index is 0.0362. The van der Waals surface area contributed by atoms with Crippen molar-refractivity contribution in [2.24, 2.45) is 11.7 Å². The summed E-state index contributed by atoms with van der Waals surface area (Å²) in [6.07, 6.45) is 1.97. The van der Waals surface area contributed by atoms with Crippen LogP contribution in [0, 0.1) is 17.2 Å². The molecule has 7 nitrogen and oxygen atoms in total. The molecule has 0 aliphatic rings. The molecule has 8 heteroatoms. The average Bonchev–Trinajstić information content (AvgIpc) is 2.50. The Morgan fingerprint density at radius 2 is 1.88 bits per heavy atom. The lowest BCUT2D eigenvalue weighted by Crippen LogP contribution is -2.46. The number of nitrogens with two attached hydrogens (primary N) is 1. The number of hydrogen-bond acceptors (Lipinski definition) is 6. The SMILES string of the molecule is CC(C)N(C(C)C)[P+](=O)[C@@](O)(OCCC#N)C(CO)CCCCN. The van der Waals surface area contributed by atoms with Crippen LogP contribution in [0.1, 0.15) is 53.4 Å². The first kappa shape index (κ1) is 23.4. The van der Waals surface area contributed by atoms with Gasteiger partial charge in [-0.15, -0.1) is 0 Å². The molecule has 0 aromatic carbocycles. The van der Waals surface area contributed by atoms with Crippen molar-refractivity contribution in [3.05, 3.63) is 0 Å². The summed E-state index contributed by atoms with van der Waals surface area (Å²) in [6.45, 7) is 7.71. The van der Waals surface area contributed by atoms with Crippen LogP contribution < -0.4 is 5.73 Å². The molecule has 0 radical (unpaired) electrons. The highest BCUT2D eigenvalue weighted by molar-refractivity contribution is 7.43. The van der Waals surface area contributed by atoms with Gasteiger partial charge in [0, 0.05) is 12.1 Å². The topological polar surface area (TPSA) is 120 Å². The zero-order valence-corrected chi connectivity index (χ0v) is 16.2. The molecule has 3 atom stereocenters. The summed E-state index contributed by atoms with van der Waals surface area (Å²) in [5, 5.41) is 29.5. The van der Waals surface area contributed by atoms with Crippen molar-refractivity contribution in [1.29, 1.82) is 5.26 Å². The maximum absolute atomic E-state index is 13.2. The van der Waals surface area contributed by atoms with Crippen molar-refractivity contribution in [3.63, 3.8) is 0 Å². The van der Waals surface area contributed by atoms with Crippen LogP contribution in [0.25, 0.3) is 0 Å². The predicted molar refractivity (Wildman–Crippen MR) is 94.3 cm³/mol. The minimum Gasteiger partial charge on any atom is -0.396 e. The molecule has 0 fully saturated rings. The fraction of sp³-hybridized carbons (Fsp3) is 0.938. The molecule has 0 heterocycles. The number of aliphatic hydroxyl groups is 2. The highest BCUT2D eigenvalue weighted by Gasteiger charge is 2.60. The Bertz CT molecular complexity index is 407. The molecule has 0 amide bonds. The Kier molecular flexibility index (Phi) is 11.6. The summed E-state index contributed by atoms with van der Waals surface area (Å²) in [6, 6.07) is 1.81. The third-order valence-corrected chi connectivity index (χ3v) is 6.21. The van der Waals surface area contributed by atoms with Crippen molar-refractivity contribution in [3.8, 4) is 6.07 Å². The molecule has 140 valence electrons. The summed E-state index contributed by atoms with van der Waals surface area (Å²) < 4.78 is 20.4. The fourth-order valence-electron chi connectivity index (χ4n) is 2.69. The molecule has 0 aliphatic carbocycles. The van der Waals surface area contributed by atoms with E-state index >= 15 is 0 Å². The normalized spacial score (nSPS) is 16.3. The molecular weight excluding hydrogens is 329 g/mol. The lowest BCUT2D eigenvalue weighted by Gasteiger charge is -2.30. The molecule has 24 heavy (non-hydrogen) atoms. The second-order valence-corrected chi connectivity index (χ2v) is 8.07. The van der Waals surface area contributed by atoms with Crippen LogP contribution in [0.5, 0.6) is 0 Å². The highest BCUT2D eigenvalue weighted by atomic mass is 31.1. The predicted octanol–water partition coefficient (Wildman–Crippen LogP) is 2.16. The Balaban J connectivity index is 5.49. The third-order valence-electron chi connectivity index (χ3n) is 3.83. The Morgan fingerprint density at radius 3 is 2.29 bits per heavy atom. The van der Waals surface area contributed by atoms with E-state index in [1.165, 1.54) is 0 Å². The Hall–Kier alpha value is -0.610. The monoisotopic (exact) mass is 362 g/mol. The Labute approximate surface area is 146 Å². The number of nitriles is 1. The summed E-state index contributed by atoms with van der Waals surface area (Å²) >= 11 is 0. The molecule has 0 rings (SSSR count). The summed E-state index contributed by atoms with van der Waals surface area (Å²) in [4.78, 5) is 0. The quantitative estimate of drug-likeness (QED) is 0.261. The van der Waals surface area contributed by atoms with Crippen molar-refractivity contribution in [1.82, 2.24) is 4.67 Å². The van der Waals surface area contributed by atoms with Crippen LogP contribution in [0.4, 0.5) is 0 Å². The van der Waals surface area contributed by atoms with Gasteiger partial charge in [0.25, 0.3) is 0 Å². The van der Waals surface area contributed by atoms with Crippen LogP contribution in [0.3, 0.4) is 0 Å². The standard InChI is InChI=1S/C16H33N3O4P/c1-13(2)19(14(3)4)24(22)16(21,23-11-7-10-18)15(12-20)8-5-6-9-17/h13-15,20-21H,5-9,11-12,17H2,1-4H3/q+1/t15?,16-/m0/s1. The molecule has 0 saturated heterocycles. The van der Waals surface area contributed by atoms with E-state index in [1.807, 2.05) is 33.8 Å². The summed E-state index contributed by atoms with van der Waals surface area (Å²) in [5.74, 6) is -0.702. The molecule has 0 spiro atoms. The maximum atomic E-state index is 13.2. The molecule has 0 bridgehead atoms. The number of rotatable bonds is 13. The van der Waals surface area contributed by atoms with Crippen LogP contribution in [-0.2, 0) is 9.30 Å². The van der Waals surface area contributed by atoms with Crippen LogP contribution in [0.15, 0.2) is 0 Å². The van der Waals surface area contributed by atoms with E-state index in [4.69, 9.17) is 15.7 Å². The molecule has 0 aromatic heterocycles. The van der Waals surface area contributed by atoms with Gasteiger partial charge in [0.2, 0.25) is 0 Å². The van der Waals surface area contributed by atoms with Crippen molar-refractivity contribution in [2.75, 3.05) is 19.8 Å². The van der Waals surface area contributed by atoms with Gasteiger partial charge in [0.15, 0.2) is 0 Å². The second kappa shape index (κ2) is 11.9. The van der Waals surface area contributed by atoms with E-state index in [1.54, 1.807) is 4.67 Å². The molecule has 0 aliphatic heterocycles. The van der Waals surface area contributed by atoms with E-state index in [0.29, 0.717) is 19.4 Å². The summed E-state index contributed by atoms with van der Waals surface area (Å²) in [5.41, 5.74) is 3.50. The molecule has 0 saturated carbocycles. The van der Waals surface area contributed by atoms with Crippen LogP contribution in [-0.4, -0.2) is 52.3 Å². The first-order valence-electron chi connectivity index (χ1n) is 8.56. The maximum Gasteiger partial charge on any atom is 0.502 e. The Morgan fingerprint density at radius 1 is 1.29 bits per heavy atom. The molecule has 4 N–H and O–H groups in total. The summed E-state index contributed by atoms with van der Waals surface area (Å²) in [7, 11) is -2.33. The second-order valence-electron chi connectivity index (χ2n) is 6.42. The van der Waals surface area contributed by atoms with E-state index in [2.05, 4.69) is 0 Å². The van der Waals surface area contributed by atoms with Gasteiger partial charge >= 0.3 is 13.5 Å². The van der Waals surface area contributed by atoms with E-state index < -0.39 is 19.4 Å². The molecule has 2 unspecified atom stereocenters. The largest absolute Gasteiger partial charge is 0.502 e. The molecule has 0 aromatic rings. The van der Waals surface area contributed by atoms with Crippen LogP contribution >= 0.6 is 7.95 Å². The first-order valence-corrected chi connectivity index (χ1v) is 9.77. The van der Waals surface area contributed by atoms with Crippen molar-refractivity contribution >= 4 is 7.95 Å². The van der Waals surface area contributed by atoms with Crippen molar-refractivity contribution in [2.45, 2.75) is 71.0 Å². The van der Waals surface area contributed by atoms with Gasteiger partial charge in [-0.25, -0.2) is 0 Å². The highest BCUT2D eigenvalue weighted by Crippen LogP contribution is 2.49. The van der Waals surface area contributed by atoms with E-state index in [9.17, 15) is 14.8 Å². The van der Waals surface area contributed by atoms with E-state index in [-0.39, 0.29) is 31.7 Å². The van der Waals surface area contributed by atoms with Gasteiger partial charge in [-0.1, -0.05) is 11.1 Å². The van der Waals surface area contributed by atoms with Crippen molar-refractivity contribution < 1.29 is 19.5 Å². The third kappa shape index (κ3) is 6.72. The van der Waals surface area contributed by atoms with Gasteiger partial charge in [-0.2, -0.15) is 5.26 Å². The van der Waals surface area contributed by atoms with Gasteiger partial charge in [-0.3, -0.25) is 0 Å². The first-order chi connectivity index (χ1) is 11.3. The number of nitrogens with zero attached hydrogens (tertiary/aromatic N) is 2. The zero-order chi connectivity index (χ0) is 18.8. The molecular formula is C16H33N3O4P+. The van der Waals surface area contributed by atoms with Gasteiger partial charge < -0.3 is 20.7 Å². The number of unbranched alkanes of at least 4 members (excludes halogenated alkanes) is 1.